The molecule has 1 atom stereocenters. The van der Waals surface area contributed by atoms with E-state index in [9.17, 15) is 4.79 Å². The van der Waals surface area contributed by atoms with Gasteiger partial charge in [-0.2, -0.15) is 0 Å². The SMILES string of the molecule is CCN1CCN([C@H]2CCN(C(=O)OC(C)(C)C)C2)CC1. The van der Waals surface area contributed by atoms with Crippen LogP contribution >= 0.6 is 0 Å². The zero-order valence-corrected chi connectivity index (χ0v) is 13.4. The molecule has 2 aliphatic rings. The van der Waals surface area contributed by atoms with Gasteiger partial charge in [0.1, 0.15) is 5.60 Å². The first-order valence-corrected chi connectivity index (χ1v) is 7.83. The second-order valence-electron chi connectivity index (χ2n) is 6.84. The molecule has 2 saturated heterocycles. The highest BCUT2D eigenvalue weighted by molar-refractivity contribution is 5.68. The van der Waals surface area contributed by atoms with Gasteiger partial charge < -0.3 is 14.5 Å². The highest BCUT2D eigenvalue weighted by Gasteiger charge is 2.33. The summed E-state index contributed by atoms with van der Waals surface area (Å²) in [6.45, 7) is 15.3. The summed E-state index contributed by atoms with van der Waals surface area (Å²) in [5.41, 5.74) is -0.401. The van der Waals surface area contributed by atoms with E-state index in [4.69, 9.17) is 4.74 Å². The van der Waals surface area contributed by atoms with Gasteiger partial charge in [-0.25, -0.2) is 4.79 Å². The fourth-order valence-corrected chi connectivity index (χ4v) is 2.98. The maximum Gasteiger partial charge on any atom is 0.410 e. The van der Waals surface area contributed by atoms with Crippen molar-refractivity contribution in [3.63, 3.8) is 0 Å². The molecule has 0 saturated carbocycles. The molecule has 0 radical (unpaired) electrons. The van der Waals surface area contributed by atoms with E-state index < -0.39 is 5.60 Å². The van der Waals surface area contributed by atoms with Crippen molar-refractivity contribution in [2.75, 3.05) is 45.8 Å². The fourth-order valence-electron chi connectivity index (χ4n) is 2.98. The number of nitrogens with zero attached hydrogens (tertiary/aromatic N) is 3. The predicted molar refractivity (Wildman–Crippen MR) is 79.9 cm³/mol. The van der Waals surface area contributed by atoms with Gasteiger partial charge >= 0.3 is 6.09 Å². The Morgan fingerprint density at radius 3 is 2.35 bits per heavy atom. The van der Waals surface area contributed by atoms with Crippen molar-refractivity contribution < 1.29 is 9.53 Å². The Hall–Kier alpha value is -0.810. The molecule has 5 nitrogen and oxygen atoms in total. The maximum atomic E-state index is 12.1. The number of carbonyl (C=O) groups excluding carboxylic acids is 1. The molecule has 0 unspecified atom stereocenters. The summed E-state index contributed by atoms with van der Waals surface area (Å²) in [7, 11) is 0. The van der Waals surface area contributed by atoms with Gasteiger partial charge in [0.2, 0.25) is 0 Å². The normalized spacial score (nSPS) is 26.0. The summed E-state index contributed by atoms with van der Waals surface area (Å²) >= 11 is 0. The summed E-state index contributed by atoms with van der Waals surface area (Å²) < 4.78 is 5.45. The Kier molecular flexibility index (Phi) is 4.91. The van der Waals surface area contributed by atoms with Crippen molar-refractivity contribution in [2.24, 2.45) is 0 Å². The minimum Gasteiger partial charge on any atom is -0.444 e. The Morgan fingerprint density at radius 1 is 1.15 bits per heavy atom. The molecule has 2 rings (SSSR count). The van der Waals surface area contributed by atoms with Crippen LogP contribution in [0.2, 0.25) is 0 Å². The molecule has 0 aromatic heterocycles. The molecule has 116 valence electrons. The first-order valence-electron chi connectivity index (χ1n) is 7.83. The quantitative estimate of drug-likeness (QED) is 0.772. The highest BCUT2D eigenvalue weighted by Crippen LogP contribution is 2.20. The molecule has 0 aromatic carbocycles. The summed E-state index contributed by atoms with van der Waals surface area (Å²) in [5.74, 6) is 0. The number of amides is 1. The van der Waals surface area contributed by atoms with Crippen LogP contribution in [0.3, 0.4) is 0 Å². The van der Waals surface area contributed by atoms with Gasteiger partial charge in [0.15, 0.2) is 0 Å². The Balaban J connectivity index is 1.79. The van der Waals surface area contributed by atoms with E-state index >= 15 is 0 Å². The second kappa shape index (κ2) is 6.31. The van der Waals surface area contributed by atoms with Crippen LogP contribution in [0, 0.1) is 0 Å². The minimum atomic E-state index is -0.401. The second-order valence-corrected chi connectivity index (χ2v) is 6.84. The Labute approximate surface area is 122 Å². The van der Waals surface area contributed by atoms with Gasteiger partial charge in [-0.05, 0) is 33.7 Å². The largest absolute Gasteiger partial charge is 0.444 e. The summed E-state index contributed by atoms with van der Waals surface area (Å²) in [6, 6.07) is 0.515. The molecule has 0 N–H and O–H groups in total. The first kappa shape index (κ1) is 15.6. The monoisotopic (exact) mass is 283 g/mol. The molecule has 0 aliphatic carbocycles. The van der Waals surface area contributed by atoms with Crippen molar-refractivity contribution in [3.8, 4) is 0 Å². The summed E-state index contributed by atoms with van der Waals surface area (Å²) in [4.78, 5) is 18.9. The van der Waals surface area contributed by atoms with Gasteiger partial charge in [-0.3, -0.25) is 4.90 Å². The Morgan fingerprint density at radius 2 is 1.80 bits per heavy atom. The third-order valence-corrected chi connectivity index (χ3v) is 4.19. The molecule has 0 aromatic rings. The first-order chi connectivity index (χ1) is 9.39. The van der Waals surface area contributed by atoms with Gasteiger partial charge in [0.05, 0.1) is 0 Å². The van der Waals surface area contributed by atoms with E-state index in [1.54, 1.807) is 0 Å². The van der Waals surface area contributed by atoms with Gasteiger partial charge in [-0.1, -0.05) is 6.92 Å². The molecule has 0 bridgehead atoms. The smallest absolute Gasteiger partial charge is 0.410 e. The lowest BCUT2D eigenvalue weighted by atomic mass is 10.2. The predicted octanol–water partition coefficient (Wildman–Crippen LogP) is 1.63. The molecule has 2 heterocycles. The number of likely N-dealkylation sites (tertiary alicyclic amines) is 1. The van der Waals surface area contributed by atoms with Crippen LogP contribution in [-0.4, -0.2) is 78.2 Å². The molecule has 5 heteroatoms. The van der Waals surface area contributed by atoms with Gasteiger partial charge in [-0.15, -0.1) is 0 Å². The van der Waals surface area contributed by atoms with Gasteiger partial charge in [0, 0.05) is 45.3 Å². The van der Waals surface area contributed by atoms with Crippen molar-refractivity contribution in [2.45, 2.75) is 45.8 Å². The van der Waals surface area contributed by atoms with Crippen LogP contribution in [0.4, 0.5) is 4.79 Å². The van der Waals surface area contributed by atoms with Crippen LogP contribution in [0.25, 0.3) is 0 Å². The number of piperazine rings is 1. The van der Waals surface area contributed by atoms with E-state index in [0.717, 1.165) is 52.2 Å². The lowest BCUT2D eigenvalue weighted by molar-refractivity contribution is 0.0270. The molecule has 0 spiro atoms. The standard InChI is InChI=1S/C15H29N3O2/c1-5-16-8-10-17(11-9-16)13-6-7-18(12-13)14(19)20-15(2,3)4/h13H,5-12H2,1-4H3/t13-/m0/s1. The highest BCUT2D eigenvalue weighted by atomic mass is 16.6. The van der Waals surface area contributed by atoms with Crippen LogP contribution in [-0.2, 0) is 4.74 Å². The van der Waals surface area contributed by atoms with Crippen molar-refractivity contribution in [3.05, 3.63) is 0 Å². The zero-order chi connectivity index (χ0) is 14.8. The average molecular weight is 283 g/mol. The van der Waals surface area contributed by atoms with Gasteiger partial charge in [0.25, 0.3) is 0 Å². The number of carbonyl (C=O) groups is 1. The maximum absolute atomic E-state index is 12.1. The number of ether oxygens (including phenoxy) is 1. The summed E-state index contributed by atoms with van der Waals surface area (Å²) in [6.07, 6.45) is 0.915. The summed E-state index contributed by atoms with van der Waals surface area (Å²) in [5, 5.41) is 0. The lowest BCUT2D eigenvalue weighted by Gasteiger charge is -2.37. The topological polar surface area (TPSA) is 36.0 Å². The van der Waals surface area contributed by atoms with Crippen molar-refractivity contribution in [1.29, 1.82) is 0 Å². The lowest BCUT2D eigenvalue weighted by Crippen LogP contribution is -2.51. The number of likely N-dealkylation sites (N-methyl/N-ethyl adjacent to an activating group) is 1. The van der Waals surface area contributed by atoms with E-state index in [0.29, 0.717) is 6.04 Å². The molecule has 1 amide bonds. The van der Waals surface area contributed by atoms with Crippen LogP contribution in [0.5, 0.6) is 0 Å². The van der Waals surface area contributed by atoms with E-state index in [1.807, 2.05) is 25.7 Å². The van der Waals surface area contributed by atoms with E-state index in [-0.39, 0.29) is 6.09 Å². The number of hydrogen-bond acceptors (Lipinski definition) is 4. The van der Waals surface area contributed by atoms with Crippen molar-refractivity contribution >= 4 is 6.09 Å². The number of rotatable bonds is 2. The van der Waals surface area contributed by atoms with Crippen LogP contribution in [0.15, 0.2) is 0 Å². The molecular formula is C15H29N3O2. The third-order valence-electron chi connectivity index (χ3n) is 4.19. The molecular weight excluding hydrogens is 254 g/mol. The zero-order valence-electron chi connectivity index (χ0n) is 13.4. The van der Waals surface area contributed by atoms with Crippen LogP contribution in [0.1, 0.15) is 34.1 Å². The van der Waals surface area contributed by atoms with Crippen LogP contribution < -0.4 is 0 Å². The minimum absolute atomic E-state index is 0.160. The van der Waals surface area contributed by atoms with E-state index in [1.165, 1.54) is 0 Å². The number of hydrogen-bond donors (Lipinski definition) is 0. The Bertz CT molecular complexity index is 333. The molecule has 2 fully saturated rings. The average Bonchev–Trinajstić information content (AvgIpc) is 2.86. The molecule has 20 heavy (non-hydrogen) atoms. The molecule has 2 aliphatic heterocycles. The van der Waals surface area contributed by atoms with Crippen molar-refractivity contribution in [1.82, 2.24) is 14.7 Å². The fraction of sp³-hybridized carbons (Fsp3) is 0.933. The third kappa shape index (κ3) is 4.09. The van der Waals surface area contributed by atoms with E-state index in [2.05, 4.69) is 16.7 Å².